The van der Waals surface area contributed by atoms with Gasteiger partial charge in [0.1, 0.15) is 11.9 Å². The van der Waals surface area contributed by atoms with E-state index in [-0.39, 0.29) is 24.7 Å². The maximum atomic E-state index is 12.8. The van der Waals surface area contributed by atoms with Crippen LogP contribution in [0.25, 0.3) is 0 Å². The monoisotopic (exact) mass is 508 g/mol. The van der Waals surface area contributed by atoms with Gasteiger partial charge in [-0.3, -0.25) is 0 Å². The van der Waals surface area contributed by atoms with Crippen LogP contribution in [0.5, 0.6) is 0 Å². The number of esters is 1. The molecule has 2 aromatic rings. The number of carbonyl (C=O) groups excluding carboxylic acids is 2. The fraction of sp³-hybridized carbons (Fsp3) is 0.571. The molecular weight excluding hydrogens is 468 g/mol. The molecule has 9 heteroatoms. The fourth-order valence-electron chi connectivity index (χ4n) is 5.24. The van der Waals surface area contributed by atoms with Crippen molar-refractivity contribution in [3.8, 4) is 0 Å². The third-order valence-corrected chi connectivity index (χ3v) is 7.14. The quantitative estimate of drug-likeness (QED) is 0.444. The van der Waals surface area contributed by atoms with Gasteiger partial charge in [0.15, 0.2) is 0 Å². The Morgan fingerprint density at radius 2 is 1.73 bits per heavy atom. The van der Waals surface area contributed by atoms with Gasteiger partial charge in [-0.05, 0) is 63.9 Å². The van der Waals surface area contributed by atoms with Crippen LogP contribution in [0.15, 0.2) is 30.3 Å². The predicted octanol–water partition coefficient (Wildman–Crippen LogP) is 3.62. The van der Waals surface area contributed by atoms with Crippen LogP contribution >= 0.6 is 0 Å². The average molecular weight is 509 g/mol. The number of amides is 2. The highest BCUT2D eigenvalue weighted by atomic mass is 16.5. The molecule has 1 fully saturated rings. The molecule has 200 valence electrons. The molecule has 2 aliphatic carbocycles. The summed E-state index contributed by atoms with van der Waals surface area (Å²) in [7, 11) is 4.07. The van der Waals surface area contributed by atoms with Crippen molar-refractivity contribution in [1.82, 2.24) is 20.6 Å². The zero-order valence-electron chi connectivity index (χ0n) is 22.3. The maximum absolute atomic E-state index is 12.8. The Bertz CT molecular complexity index is 1050. The van der Waals surface area contributed by atoms with Crippen molar-refractivity contribution < 1.29 is 14.3 Å². The molecule has 1 unspecified atom stereocenters. The van der Waals surface area contributed by atoms with Crippen molar-refractivity contribution >= 4 is 23.8 Å². The van der Waals surface area contributed by atoms with E-state index in [1.807, 2.05) is 44.4 Å². The number of carbonyl (C=O) groups is 2. The smallest absolute Gasteiger partial charge is 0.329 e. The van der Waals surface area contributed by atoms with Crippen LogP contribution in [0.1, 0.15) is 62.3 Å². The third-order valence-electron chi connectivity index (χ3n) is 7.14. The number of hydrogen-bond donors (Lipinski definition) is 3. The number of aryl methyl sites for hydroxylation is 1. The summed E-state index contributed by atoms with van der Waals surface area (Å²) in [6.45, 7) is 2.04. The standard InChI is InChI=1S/C28H40N6O3/c1-4-37-26(35)24(18-19-10-6-5-7-11-19)32-28(36)30-21-16-14-20(15-17-21)29-27-31-23-13-9-8-12-22(23)25(33-27)34(2)3/h5-7,10-11,20-21,24H,4,8-9,12-18H2,1-3H3,(H,29,31,33)(H2,30,32,36)/t20-,21+,24?. The lowest BCUT2D eigenvalue weighted by atomic mass is 9.91. The van der Waals surface area contributed by atoms with Crippen molar-refractivity contribution in [2.75, 3.05) is 30.9 Å². The molecule has 1 heterocycles. The van der Waals surface area contributed by atoms with E-state index in [0.29, 0.717) is 12.4 Å². The molecule has 0 bridgehead atoms. The summed E-state index contributed by atoms with van der Waals surface area (Å²) in [5, 5.41) is 9.44. The number of ether oxygens (including phenoxy) is 1. The van der Waals surface area contributed by atoms with Crippen LogP contribution in [-0.2, 0) is 28.8 Å². The minimum Gasteiger partial charge on any atom is -0.464 e. The normalized spacial score (nSPS) is 19.8. The van der Waals surface area contributed by atoms with Crippen LogP contribution in [0.4, 0.5) is 16.6 Å². The Kier molecular flexibility index (Phi) is 9.19. The molecule has 3 N–H and O–H groups in total. The molecule has 1 aromatic heterocycles. The number of fused-ring (bicyclic) bond motifs is 1. The van der Waals surface area contributed by atoms with Crippen LogP contribution in [-0.4, -0.2) is 60.8 Å². The molecule has 2 aliphatic rings. The highest BCUT2D eigenvalue weighted by Crippen LogP contribution is 2.29. The number of nitrogens with zero attached hydrogens (tertiary/aromatic N) is 3. The Balaban J connectivity index is 1.29. The molecule has 9 nitrogen and oxygen atoms in total. The number of aromatic nitrogens is 2. The van der Waals surface area contributed by atoms with Gasteiger partial charge in [0.2, 0.25) is 5.95 Å². The van der Waals surface area contributed by atoms with Crippen molar-refractivity contribution in [3.63, 3.8) is 0 Å². The summed E-state index contributed by atoms with van der Waals surface area (Å²) >= 11 is 0. The van der Waals surface area contributed by atoms with Gasteiger partial charge in [0.05, 0.1) is 12.3 Å². The maximum Gasteiger partial charge on any atom is 0.329 e. The topological polar surface area (TPSA) is 108 Å². The van der Waals surface area contributed by atoms with Gasteiger partial charge in [-0.1, -0.05) is 30.3 Å². The zero-order chi connectivity index (χ0) is 26.2. The van der Waals surface area contributed by atoms with E-state index in [9.17, 15) is 9.59 Å². The van der Waals surface area contributed by atoms with Gasteiger partial charge in [0, 0.05) is 38.2 Å². The molecule has 0 spiro atoms. The van der Waals surface area contributed by atoms with Gasteiger partial charge >= 0.3 is 12.0 Å². The molecule has 37 heavy (non-hydrogen) atoms. The Hall–Kier alpha value is -3.36. The number of anilines is 2. The van der Waals surface area contributed by atoms with E-state index >= 15 is 0 Å². The summed E-state index contributed by atoms with van der Waals surface area (Å²) in [4.78, 5) is 37.0. The second-order valence-electron chi connectivity index (χ2n) is 10.2. The molecule has 4 rings (SSSR count). The zero-order valence-corrected chi connectivity index (χ0v) is 22.3. The van der Waals surface area contributed by atoms with Crippen molar-refractivity contribution in [2.45, 2.75) is 82.8 Å². The lowest BCUT2D eigenvalue weighted by Gasteiger charge is -2.31. The number of urea groups is 1. The highest BCUT2D eigenvalue weighted by Gasteiger charge is 2.27. The van der Waals surface area contributed by atoms with Crippen molar-refractivity contribution in [1.29, 1.82) is 0 Å². The molecule has 0 saturated heterocycles. The number of hydrogen-bond acceptors (Lipinski definition) is 7. The number of rotatable bonds is 9. The fourth-order valence-corrected chi connectivity index (χ4v) is 5.24. The summed E-state index contributed by atoms with van der Waals surface area (Å²) in [6.07, 6.45) is 8.33. The molecule has 1 saturated carbocycles. The molecule has 1 atom stereocenters. The lowest BCUT2D eigenvalue weighted by Crippen LogP contribution is -2.51. The van der Waals surface area contributed by atoms with Crippen LogP contribution in [0.3, 0.4) is 0 Å². The minimum atomic E-state index is -0.729. The first kappa shape index (κ1) is 26.7. The predicted molar refractivity (Wildman–Crippen MR) is 145 cm³/mol. The Labute approximate surface area is 219 Å². The number of benzene rings is 1. The molecule has 1 aromatic carbocycles. The third kappa shape index (κ3) is 7.33. The van der Waals surface area contributed by atoms with Gasteiger partial charge in [-0.25, -0.2) is 14.6 Å². The SMILES string of the molecule is CCOC(=O)C(Cc1ccccc1)NC(=O)N[C@H]1CC[C@@H](Nc2nc3c(c(N(C)C)n2)CCCC3)CC1. The van der Waals surface area contributed by atoms with Crippen LogP contribution < -0.4 is 20.9 Å². The molecule has 0 aliphatic heterocycles. The number of nitrogens with one attached hydrogen (secondary N) is 3. The first-order chi connectivity index (χ1) is 17.9. The first-order valence-corrected chi connectivity index (χ1v) is 13.5. The molecular formula is C28H40N6O3. The van der Waals surface area contributed by atoms with E-state index in [2.05, 4.69) is 20.9 Å². The minimum absolute atomic E-state index is 0.0550. The summed E-state index contributed by atoms with van der Waals surface area (Å²) in [5.74, 6) is 1.30. The highest BCUT2D eigenvalue weighted by molar-refractivity contribution is 5.84. The van der Waals surface area contributed by atoms with Gasteiger partial charge in [-0.2, -0.15) is 4.98 Å². The van der Waals surface area contributed by atoms with E-state index in [0.717, 1.165) is 49.9 Å². The van der Waals surface area contributed by atoms with Crippen molar-refractivity contribution in [2.24, 2.45) is 0 Å². The summed E-state index contributed by atoms with van der Waals surface area (Å²) < 4.78 is 5.19. The van der Waals surface area contributed by atoms with Gasteiger partial charge in [-0.15, -0.1) is 0 Å². The lowest BCUT2D eigenvalue weighted by molar-refractivity contribution is -0.145. The van der Waals surface area contributed by atoms with E-state index in [4.69, 9.17) is 14.7 Å². The van der Waals surface area contributed by atoms with E-state index < -0.39 is 12.0 Å². The van der Waals surface area contributed by atoms with Crippen LogP contribution in [0.2, 0.25) is 0 Å². The van der Waals surface area contributed by atoms with Gasteiger partial charge in [0.25, 0.3) is 0 Å². The van der Waals surface area contributed by atoms with E-state index in [1.54, 1.807) is 6.92 Å². The largest absolute Gasteiger partial charge is 0.464 e. The van der Waals surface area contributed by atoms with Gasteiger partial charge < -0.3 is 25.6 Å². The first-order valence-electron chi connectivity index (χ1n) is 13.5. The van der Waals surface area contributed by atoms with Crippen molar-refractivity contribution in [3.05, 3.63) is 47.2 Å². The Morgan fingerprint density at radius 3 is 2.43 bits per heavy atom. The summed E-state index contributed by atoms with van der Waals surface area (Å²) in [5.41, 5.74) is 3.43. The van der Waals surface area contributed by atoms with E-state index in [1.165, 1.54) is 24.1 Å². The molecule has 2 amide bonds. The second-order valence-corrected chi connectivity index (χ2v) is 10.2. The average Bonchev–Trinajstić information content (AvgIpc) is 2.89. The summed E-state index contributed by atoms with van der Waals surface area (Å²) in [6, 6.07) is 8.89. The van der Waals surface area contributed by atoms with Crippen LogP contribution in [0, 0.1) is 0 Å². The second kappa shape index (κ2) is 12.7. The molecule has 0 radical (unpaired) electrons. The Morgan fingerprint density at radius 1 is 1.03 bits per heavy atom.